The molecule has 2 aromatic rings. The van der Waals surface area contributed by atoms with Crippen LogP contribution in [0.2, 0.25) is 0 Å². The highest BCUT2D eigenvalue weighted by Crippen LogP contribution is 2.08. The summed E-state index contributed by atoms with van der Waals surface area (Å²) in [5.74, 6) is 11.7. The molecule has 2 saturated heterocycles. The summed E-state index contributed by atoms with van der Waals surface area (Å²) < 4.78 is 10.7. The maximum atomic E-state index is 12.0. The van der Waals surface area contributed by atoms with E-state index in [1.54, 1.807) is 9.80 Å². The summed E-state index contributed by atoms with van der Waals surface area (Å²) in [5.41, 5.74) is 2.00. The monoisotopic (exact) mass is 574 g/mol. The van der Waals surface area contributed by atoms with Crippen molar-refractivity contribution in [2.24, 2.45) is 0 Å². The van der Waals surface area contributed by atoms with E-state index < -0.39 is 0 Å². The molecule has 2 heterocycles. The molecule has 42 heavy (non-hydrogen) atoms. The zero-order valence-corrected chi connectivity index (χ0v) is 24.5. The number of rotatable bonds is 6. The number of nitrogens with zero attached hydrogens (tertiary/aromatic N) is 4. The van der Waals surface area contributed by atoms with Crippen molar-refractivity contribution in [3.8, 4) is 23.7 Å². The van der Waals surface area contributed by atoms with Gasteiger partial charge in [0.2, 0.25) is 0 Å². The van der Waals surface area contributed by atoms with Crippen molar-refractivity contribution in [1.29, 1.82) is 0 Å². The van der Waals surface area contributed by atoms with E-state index in [-0.39, 0.29) is 18.8 Å². The van der Waals surface area contributed by atoms with Gasteiger partial charge in [-0.2, -0.15) is 0 Å². The number of amides is 2. The fraction of sp³-hybridized carbons (Fsp3) is 0.455. The van der Waals surface area contributed by atoms with Crippen LogP contribution in [-0.4, -0.2) is 109 Å². The van der Waals surface area contributed by atoms with Crippen LogP contribution in [0.25, 0.3) is 0 Å². The number of piperazine rings is 2. The van der Waals surface area contributed by atoms with Crippen molar-refractivity contribution in [3.63, 3.8) is 0 Å². The van der Waals surface area contributed by atoms with Gasteiger partial charge >= 0.3 is 12.2 Å². The average molecular weight is 575 g/mol. The first-order chi connectivity index (χ1) is 20.6. The van der Waals surface area contributed by atoms with Crippen molar-refractivity contribution < 1.29 is 24.2 Å². The smallest absolute Gasteiger partial charge is 0.410 e. The van der Waals surface area contributed by atoms with E-state index in [0.29, 0.717) is 45.9 Å². The molecule has 0 unspecified atom stereocenters. The van der Waals surface area contributed by atoms with Gasteiger partial charge in [0.05, 0.1) is 13.1 Å². The Bertz CT molecular complexity index is 1090. The Morgan fingerprint density at radius 3 is 1.43 bits per heavy atom. The molecule has 9 heteroatoms. The van der Waals surface area contributed by atoms with E-state index in [4.69, 9.17) is 14.6 Å². The summed E-state index contributed by atoms with van der Waals surface area (Å²) in [6.07, 6.45) is 0.407. The molecule has 0 atom stereocenters. The number of carbonyl (C=O) groups is 2. The van der Waals surface area contributed by atoms with Gasteiger partial charge in [-0.1, -0.05) is 85.3 Å². The number of ether oxygens (including phenoxy) is 2. The lowest BCUT2D eigenvalue weighted by Crippen LogP contribution is -2.48. The maximum absolute atomic E-state index is 12.0. The molecule has 2 fully saturated rings. The molecule has 2 aliphatic heterocycles. The highest BCUT2D eigenvalue weighted by atomic mass is 16.6. The normalized spacial score (nSPS) is 15.2. The Morgan fingerprint density at radius 1 is 0.643 bits per heavy atom. The van der Waals surface area contributed by atoms with Crippen LogP contribution in [0.1, 0.15) is 24.5 Å². The number of carbonyl (C=O) groups excluding carboxylic acids is 2. The van der Waals surface area contributed by atoms with E-state index in [0.717, 1.165) is 50.3 Å². The van der Waals surface area contributed by atoms with Gasteiger partial charge in [-0.15, -0.1) is 5.92 Å². The van der Waals surface area contributed by atoms with Crippen molar-refractivity contribution in [2.45, 2.75) is 26.6 Å². The van der Waals surface area contributed by atoms with Crippen LogP contribution in [0, 0.1) is 23.7 Å². The Balaban J connectivity index is 0.000000230. The zero-order valence-electron chi connectivity index (χ0n) is 24.5. The first kappa shape index (κ1) is 32.5. The van der Waals surface area contributed by atoms with Gasteiger partial charge in [0.25, 0.3) is 0 Å². The SMILES string of the molecule is CCC#CCN1CCN(C(=O)OCc2ccccc2)CC1.O=C(OCc1ccccc1)N1CCN(CC#CCO)CC1. The number of hydrogen-bond donors (Lipinski definition) is 1. The van der Waals surface area contributed by atoms with Gasteiger partial charge in [0, 0.05) is 58.8 Å². The average Bonchev–Trinajstić information content (AvgIpc) is 3.05. The predicted octanol–water partition coefficient (Wildman–Crippen LogP) is 3.29. The molecular weight excluding hydrogens is 532 g/mol. The Morgan fingerprint density at radius 2 is 1.05 bits per heavy atom. The minimum absolute atomic E-state index is 0.105. The molecule has 0 radical (unpaired) electrons. The lowest BCUT2D eigenvalue weighted by atomic mass is 10.2. The molecule has 0 saturated carbocycles. The second-order valence-electron chi connectivity index (χ2n) is 9.83. The van der Waals surface area contributed by atoms with Crippen LogP contribution in [0.4, 0.5) is 9.59 Å². The second kappa shape index (κ2) is 19.2. The number of aliphatic hydroxyl groups is 1. The van der Waals surface area contributed by atoms with Crippen LogP contribution in [0.5, 0.6) is 0 Å². The van der Waals surface area contributed by atoms with Crippen molar-refractivity contribution >= 4 is 12.2 Å². The van der Waals surface area contributed by atoms with Crippen LogP contribution in [-0.2, 0) is 22.7 Å². The van der Waals surface area contributed by atoms with Gasteiger partial charge in [-0.25, -0.2) is 9.59 Å². The Labute approximate surface area is 250 Å². The summed E-state index contributed by atoms with van der Waals surface area (Å²) in [4.78, 5) is 31.9. The first-order valence-corrected chi connectivity index (χ1v) is 14.5. The molecule has 2 aliphatic rings. The summed E-state index contributed by atoms with van der Waals surface area (Å²) in [7, 11) is 0. The van der Waals surface area contributed by atoms with E-state index in [1.165, 1.54) is 0 Å². The molecule has 1 N–H and O–H groups in total. The fourth-order valence-electron chi connectivity index (χ4n) is 4.31. The maximum Gasteiger partial charge on any atom is 0.410 e. The topological polar surface area (TPSA) is 85.8 Å². The molecular formula is C33H42N4O5. The van der Waals surface area contributed by atoms with Gasteiger partial charge in [0.15, 0.2) is 0 Å². The third kappa shape index (κ3) is 12.2. The van der Waals surface area contributed by atoms with E-state index in [2.05, 4.69) is 33.5 Å². The van der Waals surface area contributed by atoms with Gasteiger partial charge < -0.3 is 24.4 Å². The third-order valence-electron chi connectivity index (χ3n) is 6.78. The summed E-state index contributed by atoms with van der Waals surface area (Å²) in [5, 5.41) is 8.60. The largest absolute Gasteiger partial charge is 0.445 e. The van der Waals surface area contributed by atoms with E-state index in [9.17, 15) is 9.59 Å². The molecule has 0 aromatic heterocycles. The first-order valence-electron chi connectivity index (χ1n) is 14.5. The molecule has 0 spiro atoms. The number of hydrogen-bond acceptors (Lipinski definition) is 7. The van der Waals surface area contributed by atoms with Gasteiger partial charge in [-0.3, -0.25) is 9.80 Å². The lowest BCUT2D eigenvalue weighted by molar-refractivity contribution is 0.0740. The molecule has 2 aromatic carbocycles. The highest BCUT2D eigenvalue weighted by Gasteiger charge is 2.22. The molecule has 2 amide bonds. The fourth-order valence-corrected chi connectivity index (χ4v) is 4.31. The van der Waals surface area contributed by atoms with Crippen molar-refractivity contribution in [2.75, 3.05) is 72.1 Å². The van der Waals surface area contributed by atoms with Crippen LogP contribution in [0.15, 0.2) is 60.7 Å². The summed E-state index contributed by atoms with van der Waals surface area (Å²) in [6.45, 7) is 10.0. The van der Waals surface area contributed by atoms with Crippen LogP contribution < -0.4 is 0 Å². The molecule has 0 bridgehead atoms. The van der Waals surface area contributed by atoms with Gasteiger partial charge in [-0.05, 0) is 11.1 Å². The van der Waals surface area contributed by atoms with Crippen LogP contribution >= 0.6 is 0 Å². The lowest BCUT2D eigenvalue weighted by Gasteiger charge is -2.32. The van der Waals surface area contributed by atoms with Crippen molar-refractivity contribution in [3.05, 3.63) is 71.8 Å². The third-order valence-corrected chi connectivity index (χ3v) is 6.78. The molecule has 9 nitrogen and oxygen atoms in total. The second-order valence-corrected chi connectivity index (χ2v) is 9.83. The van der Waals surface area contributed by atoms with E-state index >= 15 is 0 Å². The zero-order chi connectivity index (χ0) is 29.8. The molecule has 224 valence electrons. The predicted molar refractivity (Wildman–Crippen MR) is 162 cm³/mol. The Kier molecular flexibility index (Phi) is 14.8. The summed E-state index contributed by atoms with van der Waals surface area (Å²) >= 11 is 0. The van der Waals surface area contributed by atoms with Crippen molar-refractivity contribution in [1.82, 2.24) is 19.6 Å². The minimum Gasteiger partial charge on any atom is -0.445 e. The molecule has 0 aliphatic carbocycles. The summed E-state index contributed by atoms with van der Waals surface area (Å²) in [6, 6.07) is 19.4. The number of aliphatic hydroxyl groups excluding tert-OH is 1. The minimum atomic E-state index is -0.264. The Hall–Kier alpha value is -4.02. The van der Waals surface area contributed by atoms with Gasteiger partial charge in [0.1, 0.15) is 19.8 Å². The quantitative estimate of drug-likeness (QED) is 0.530. The van der Waals surface area contributed by atoms with E-state index in [1.807, 2.05) is 67.6 Å². The molecule has 4 rings (SSSR count). The number of benzene rings is 2. The van der Waals surface area contributed by atoms with Crippen LogP contribution in [0.3, 0.4) is 0 Å². The standard InChI is InChI=1S/C17H22N2O2.C16H20N2O3/c1-2-3-7-10-18-11-13-19(14-12-18)17(20)21-15-16-8-5-4-6-9-16;19-13-5-4-8-17-9-11-18(12-10-17)16(20)21-14-15-6-2-1-3-7-15/h4-6,8-9H,2,10-15H2,1H3;1-3,6-7,19H,8-14H2. The highest BCUT2D eigenvalue weighted by molar-refractivity contribution is 5.68.